The number of carbonyl (C=O) groups is 1. The van der Waals surface area contributed by atoms with Crippen molar-refractivity contribution in [3.8, 4) is 0 Å². The Morgan fingerprint density at radius 1 is 1.44 bits per heavy atom. The van der Waals surface area contributed by atoms with Gasteiger partial charge in [0.2, 0.25) is 0 Å². The fourth-order valence-corrected chi connectivity index (χ4v) is 1.44. The van der Waals surface area contributed by atoms with Crippen molar-refractivity contribution in [2.45, 2.75) is 6.92 Å². The molecule has 0 aliphatic heterocycles. The van der Waals surface area contributed by atoms with Gasteiger partial charge in [-0.3, -0.25) is 14.9 Å². The summed E-state index contributed by atoms with van der Waals surface area (Å²) in [6.07, 6.45) is 0. The minimum absolute atomic E-state index is 0.0322. The first-order valence-corrected chi connectivity index (χ1v) is 5.60. The number of likely N-dealkylation sites (N-methyl/N-ethyl adjacent to an activating group) is 1. The Balaban J connectivity index is 2.74. The molecule has 1 N–H and O–H groups in total. The summed E-state index contributed by atoms with van der Waals surface area (Å²) in [5.74, 6) is -0.292. The zero-order valence-electron chi connectivity index (χ0n) is 10.8. The smallest absolute Gasteiger partial charge is 0.273 e. The summed E-state index contributed by atoms with van der Waals surface area (Å²) in [5.41, 5.74) is 0.825. The molecule has 18 heavy (non-hydrogen) atoms. The van der Waals surface area contributed by atoms with E-state index in [9.17, 15) is 14.9 Å². The molecule has 0 saturated carbocycles. The van der Waals surface area contributed by atoms with Gasteiger partial charge in [0, 0.05) is 30.3 Å². The summed E-state index contributed by atoms with van der Waals surface area (Å²) in [6.45, 7) is 2.87. The first-order chi connectivity index (χ1) is 8.41. The number of rotatable bonds is 5. The van der Waals surface area contributed by atoms with Gasteiger partial charge < -0.3 is 10.2 Å². The monoisotopic (exact) mass is 251 g/mol. The van der Waals surface area contributed by atoms with Gasteiger partial charge in [0.1, 0.15) is 0 Å². The van der Waals surface area contributed by atoms with Gasteiger partial charge in [-0.15, -0.1) is 0 Å². The van der Waals surface area contributed by atoms with Gasteiger partial charge in [-0.05, 0) is 27.1 Å². The molecule has 0 spiro atoms. The Hall–Kier alpha value is -1.95. The number of nitrogens with zero attached hydrogens (tertiary/aromatic N) is 2. The number of nitro benzene ring substituents is 1. The van der Waals surface area contributed by atoms with Gasteiger partial charge >= 0.3 is 0 Å². The second kappa shape index (κ2) is 6.11. The molecule has 0 aliphatic carbocycles. The normalized spacial score (nSPS) is 10.4. The fourth-order valence-electron chi connectivity index (χ4n) is 1.44. The lowest BCUT2D eigenvalue weighted by Gasteiger charge is -2.10. The maximum absolute atomic E-state index is 11.8. The predicted octanol–water partition coefficient (Wildman–Crippen LogP) is 1.19. The molecule has 0 atom stereocenters. The summed E-state index contributed by atoms with van der Waals surface area (Å²) in [6, 6.07) is 4.48. The lowest BCUT2D eigenvalue weighted by molar-refractivity contribution is -0.385. The number of benzene rings is 1. The van der Waals surface area contributed by atoms with E-state index in [1.807, 2.05) is 19.0 Å². The molecule has 0 unspecified atom stereocenters. The number of carbonyl (C=O) groups excluding carboxylic acids is 1. The highest BCUT2D eigenvalue weighted by molar-refractivity contribution is 5.94. The summed E-state index contributed by atoms with van der Waals surface area (Å²) in [4.78, 5) is 24.0. The molecule has 1 rings (SSSR count). The predicted molar refractivity (Wildman–Crippen MR) is 68.7 cm³/mol. The Kier molecular flexibility index (Phi) is 4.79. The molecule has 6 nitrogen and oxygen atoms in total. The molecule has 1 aromatic rings. The maximum Gasteiger partial charge on any atom is 0.273 e. The van der Waals surface area contributed by atoms with Crippen LogP contribution in [0.4, 0.5) is 5.69 Å². The van der Waals surface area contributed by atoms with Crippen LogP contribution in [0.15, 0.2) is 18.2 Å². The SMILES string of the molecule is Cc1ccc(C(=O)NCCN(C)C)cc1[N+](=O)[O-]. The number of hydrogen-bond acceptors (Lipinski definition) is 4. The molecular weight excluding hydrogens is 234 g/mol. The van der Waals surface area contributed by atoms with Crippen molar-refractivity contribution in [3.05, 3.63) is 39.4 Å². The van der Waals surface area contributed by atoms with Crippen LogP contribution in [0, 0.1) is 17.0 Å². The summed E-state index contributed by atoms with van der Waals surface area (Å²) < 4.78 is 0. The van der Waals surface area contributed by atoms with Gasteiger partial charge in [0.15, 0.2) is 0 Å². The van der Waals surface area contributed by atoms with Crippen molar-refractivity contribution in [2.75, 3.05) is 27.2 Å². The van der Waals surface area contributed by atoms with Crippen LogP contribution in [0.1, 0.15) is 15.9 Å². The van der Waals surface area contributed by atoms with Crippen LogP contribution >= 0.6 is 0 Å². The van der Waals surface area contributed by atoms with Crippen molar-refractivity contribution < 1.29 is 9.72 Å². The number of nitrogens with one attached hydrogen (secondary N) is 1. The summed E-state index contributed by atoms with van der Waals surface area (Å²) in [5, 5.41) is 13.5. The molecular formula is C12H17N3O3. The molecule has 0 aliphatic rings. The largest absolute Gasteiger partial charge is 0.351 e. The van der Waals surface area contributed by atoms with Crippen molar-refractivity contribution in [2.24, 2.45) is 0 Å². The van der Waals surface area contributed by atoms with Crippen LogP contribution in [0.3, 0.4) is 0 Å². The fraction of sp³-hybridized carbons (Fsp3) is 0.417. The minimum atomic E-state index is -0.480. The van der Waals surface area contributed by atoms with Crippen LogP contribution < -0.4 is 5.32 Å². The number of aryl methyl sites for hydroxylation is 1. The molecule has 0 bridgehead atoms. The highest BCUT2D eigenvalue weighted by Crippen LogP contribution is 2.18. The first kappa shape index (κ1) is 14.1. The van der Waals surface area contributed by atoms with Gasteiger partial charge in [-0.1, -0.05) is 6.07 Å². The van der Waals surface area contributed by atoms with E-state index < -0.39 is 4.92 Å². The first-order valence-electron chi connectivity index (χ1n) is 5.60. The number of hydrogen-bond donors (Lipinski definition) is 1. The second-order valence-electron chi connectivity index (χ2n) is 4.32. The average Bonchev–Trinajstić information content (AvgIpc) is 2.28. The minimum Gasteiger partial charge on any atom is -0.351 e. The highest BCUT2D eigenvalue weighted by atomic mass is 16.6. The van der Waals surface area contributed by atoms with E-state index in [0.29, 0.717) is 17.7 Å². The van der Waals surface area contributed by atoms with Crippen molar-refractivity contribution >= 4 is 11.6 Å². The molecule has 6 heteroatoms. The van der Waals surface area contributed by atoms with E-state index in [0.717, 1.165) is 6.54 Å². The summed E-state index contributed by atoms with van der Waals surface area (Å²) >= 11 is 0. The van der Waals surface area contributed by atoms with Crippen LogP contribution in [-0.4, -0.2) is 42.9 Å². The standard InChI is InChI=1S/C12H17N3O3/c1-9-4-5-10(8-11(9)15(17)18)12(16)13-6-7-14(2)3/h4-5,8H,6-7H2,1-3H3,(H,13,16). The van der Waals surface area contributed by atoms with E-state index in [1.165, 1.54) is 6.07 Å². The maximum atomic E-state index is 11.8. The lowest BCUT2D eigenvalue weighted by Crippen LogP contribution is -2.31. The summed E-state index contributed by atoms with van der Waals surface area (Å²) in [7, 11) is 3.81. The average molecular weight is 251 g/mol. The molecule has 0 fully saturated rings. The van der Waals surface area contributed by atoms with Gasteiger partial charge in [-0.2, -0.15) is 0 Å². The van der Waals surface area contributed by atoms with Crippen molar-refractivity contribution in [1.29, 1.82) is 0 Å². The van der Waals surface area contributed by atoms with E-state index in [4.69, 9.17) is 0 Å². The molecule has 98 valence electrons. The second-order valence-corrected chi connectivity index (χ2v) is 4.32. The molecule has 1 aromatic carbocycles. The van der Waals surface area contributed by atoms with Gasteiger partial charge in [0.05, 0.1) is 4.92 Å². The van der Waals surface area contributed by atoms with E-state index >= 15 is 0 Å². The third kappa shape index (κ3) is 3.81. The van der Waals surface area contributed by atoms with Crippen LogP contribution in [0.25, 0.3) is 0 Å². The quantitative estimate of drug-likeness (QED) is 0.630. The van der Waals surface area contributed by atoms with Crippen molar-refractivity contribution in [1.82, 2.24) is 10.2 Å². The Labute approximate surface area is 106 Å². The lowest BCUT2D eigenvalue weighted by atomic mass is 10.1. The zero-order valence-corrected chi connectivity index (χ0v) is 10.8. The molecule has 0 saturated heterocycles. The van der Waals surface area contributed by atoms with Gasteiger partial charge in [0.25, 0.3) is 11.6 Å². The Bertz CT molecular complexity index is 458. The Morgan fingerprint density at radius 3 is 2.67 bits per heavy atom. The third-order valence-electron chi connectivity index (χ3n) is 2.51. The van der Waals surface area contributed by atoms with Crippen LogP contribution in [0.2, 0.25) is 0 Å². The number of amides is 1. The van der Waals surface area contributed by atoms with Crippen molar-refractivity contribution in [3.63, 3.8) is 0 Å². The van der Waals surface area contributed by atoms with E-state index in [2.05, 4.69) is 5.32 Å². The van der Waals surface area contributed by atoms with Crippen LogP contribution in [-0.2, 0) is 0 Å². The topological polar surface area (TPSA) is 75.5 Å². The zero-order chi connectivity index (χ0) is 13.7. The molecule has 0 aromatic heterocycles. The molecule has 0 radical (unpaired) electrons. The Morgan fingerprint density at radius 2 is 2.11 bits per heavy atom. The third-order valence-corrected chi connectivity index (χ3v) is 2.51. The molecule has 1 amide bonds. The van der Waals surface area contributed by atoms with E-state index in [1.54, 1.807) is 19.1 Å². The van der Waals surface area contributed by atoms with E-state index in [-0.39, 0.29) is 11.6 Å². The number of nitro groups is 1. The van der Waals surface area contributed by atoms with Crippen LogP contribution in [0.5, 0.6) is 0 Å². The van der Waals surface area contributed by atoms with Gasteiger partial charge in [-0.25, -0.2) is 0 Å². The molecule has 0 heterocycles. The highest BCUT2D eigenvalue weighted by Gasteiger charge is 2.14.